The zero-order valence-corrected chi connectivity index (χ0v) is 18.1. The van der Waals surface area contributed by atoms with E-state index in [1.54, 1.807) is 6.07 Å². The minimum Gasteiger partial charge on any atom is -0.492 e. The number of amides is 1. The van der Waals surface area contributed by atoms with Crippen LogP contribution in [-0.2, 0) is 14.8 Å². The number of halogens is 1. The summed E-state index contributed by atoms with van der Waals surface area (Å²) in [5, 5.41) is 0.273. The Hall–Kier alpha value is -1.31. The molecule has 0 aliphatic carbocycles. The summed E-state index contributed by atoms with van der Waals surface area (Å²) in [6, 6.07) is 4.53. The average molecular weight is 429 g/mol. The van der Waals surface area contributed by atoms with Crippen LogP contribution in [0, 0.1) is 11.8 Å². The second-order valence-electron chi connectivity index (χ2n) is 7.74. The third-order valence-corrected chi connectivity index (χ3v) is 7.83. The third kappa shape index (κ3) is 4.63. The van der Waals surface area contributed by atoms with Crippen molar-refractivity contribution in [2.24, 2.45) is 11.8 Å². The highest BCUT2D eigenvalue weighted by Crippen LogP contribution is 2.31. The van der Waals surface area contributed by atoms with E-state index in [4.69, 9.17) is 16.3 Å². The number of benzene rings is 1. The van der Waals surface area contributed by atoms with E-state index in [9.17, 15) is 13.2 Å². The van der Waals surface area contributed by atoms with Crippen molar-refractivity contribution in [3.8, 4) is 5.75 Å². The molecule has 2 heterocycles. The molecule has 0 spiro atoms. The number of rotatable bonds is 5. The van der Waals surface area contributed by atoms with Crippen LogP contribution >= 0.6 is 11.6 Å². The summed E-state index contributed by atoms with van der Waals surface area (Å²) in [5.41, 5.74) is 0. The van der Waals surface area contributed by atoms with E-state index in [0.717, 1.165) is 32.4 Å². The van der Waals surface area contributed by atoms with Crippen LogP contribution in [-0.4, -0.2) is 56.3 Å². The van der Waals surface area contributed by atoms with Gasteiger partial charge < -0.3 is 9.64 Å². The number of hydrogen-bond donors (Lipinski definition) is 0. The van der Waals surface area contributed by atoms with Crippen molar-refractivity contribution >= 4 is 27.5 Å². The lowest BCUT2D eigenvalue weighted by molar-refractivity contribution is -0.138. The standard InChI is InChI=1S/C20H29ClN2O4S/c1-3-27-19-7-6-17(13-18(19)21)28(25,26)23-10-4-5-16(14-23)20(24)22-11-8-15(2)9-12-22/h6-7,13,15-16H,3-5,8-12,14H2,1-2H3/t16-/m0/s1. The molecule has 0 aromatic heterocycles. The molecule has 2 aliphatic heterocycles. The first kappa shape index (κ1) is 21.4. The minimum absolute atomic E-state index is 0.0940. The Kier molecular flexibility index (Phi) is 6.89. The highest BCUT2D eigenvalue weighted by molar-refractivity contribution is 7.89. The summed E-state index contributed by atoms with van der Waals surface area (Å²) in [6.07, 6.45) is 3.46. The lowest BCUT2D eigenvalue weighted by Crippen LogP contribution is -2.48. The molecule has 2 aliphatic rings. The molecule has 3 rings (SSSR count). The smallest absolute Gasteiger partial charge is 0.243 e. The molecule has 0 N–H and O–H groups in total. The Morgan fingerprint density at radius 1 is 1.21 bits per heavy atom. The van der Waals surface area contributed by atoms with Crippen LogP contribution in [0.5, 0.6) is 5.75 Å². The van der Waals surface area contributed by atoms with Crippen LogP contribution in [0.25, 0.3) is 0 Å². The number of piperidine rings is 2. The van der Waals surface area contributed by atoms with Gasteiger partial charge in [-0.3, -0.25) is 4.79 Å². The van der Waals surface area contributed by atoms with Crippen LogP contribution in [0.4, 0.5) is 0 Å². The minimum atomic E-state index is -3.70. The molecule has 1 amide bonds. The predicted octanol–water partition coefficient (Wildman–Crippen LogP) is 3.40. The summed E-state index contributed by atoms with van der Waals surface area (Å²) in [5.74, 6) is 0.942. The van der Waals surface area contributed by atoms with Crippen molar-refractivity contribution in [3.63, 3.8) is 0 Å². The van der Waals surface area contributed by atoms with Gasteiger partial charge in [0.15, 0.2) is 0 Å². The molecule has 0 radical (unpaired) electrons. The molecule has 0 saturated carbocycles. The van der Waals surface area contributed by atoms with Crippen molar-refractivity contribution in [1.29, 1.82) is 0 Å². The second-order valence-corrected chi connectivity index (χ2v) is 10.1. The molecule has 8 heteroatoms. The molecule has 2 saturated heterocycles. The van der Waals surface area contributed by atoms with Crippen LogP contribution in [0.3, 0.4) is 0 Å². The molecular weight excluding hydrogens is 400 g/mol. The van der Waals surface area contributed by atoms with Crippen molar-refractivity contribution < 1.29 is 17.9 Å². The first-order valence-corrected chi connectivity index (χ1v) is 11.9. The van der Waals surface area contributed by atoms with Gasteiger partial charge >= 0.3 is 0 Å². The van der Waals surface area contributed by atoms with Gasteiger partial charge in [-0.1, -0.05) is 18.5 Å². The van der Waals surface area contributed by atoms with E-state index in [2.05, 4.69) is 6.92 Å². The van der Waals surface area contributed by atoms with Crippen molar-refractivity contribution in [2.45, 2.75) is 44.4 Å². The lowest BCUT2D eigenvalue weighted by atomic mass is 9.94. The Labute approximate surface area is 172 Å². The highest BCUT2D eigenvalue weighted by atomic mass is 35.5. The van der Waals surface area contributed by atoms with E-state index in [1.165, 1.54) is 16.4 Å². The van der Waals surface area contributed by atoms with Crippen LogP contribution in [0.15, 0.2) is 23.1 Å². The summed E-state index contributed by atoms with van der Waals surface area (Å²) in [6.45, 7) is 6.71. The van der Waals surface area contributed by atoms with E-state index in [-0.39, 0.29) is 28.3 Å². The molecule has 1 aromatic carbocycles. The topological polar surface area (TPSA) is 66.9 Å². The highest BCUT2D eigenvalue weighted by Gasteiger charge is 2.36. The van der Waals surface area contributed by atoms with Gasteiger partial charge in [0, 0.05) is 26.2 Å². The third-order valence-electron chi connectivity index (χ3n) is 5.67. The summed E-state index contributed by atoms with van der Waals surface area (Å²) >= 11 is 6.18. The molecule has 2 fully saturated rings. The Balaban J connectivity index is 1.72. The van der Waals surface area contributed by atoms with Crippen LogP contribution in [0.2, 0.25) is 5.02 Å². The van der Waals surface area contributed by atoms with Gasteiger partial charge in [0.05, 0.1) is 22.4 Å². The molecule has 156 valence electrons. The van der Waals surface area contributed by atoms with E-state index < -0.39 is 10.0 Å². The monoisotopic (exact) mass is 428 g/mol. The van der Waals surface area contributed by atoms with Gasteiger partial charge in [-0.2, -0.15) is 4.31 Å². The van der Waals surface area contributed by atoms with E-state index >= 15 is 0 Å². The number of sulfonamides is 1. The molecule has 0 unspecified atom stereocenters. The molecule has 28 heavy (non-hydrogen) atoms. The van der Waals surface area contributed by atoms with Crippen LogP contribution < -0.4 is 4.74 Å². The van der Waals surface area contributed by atoms with Gasteiger partial charge in [0.2, 0.25) is 15.9 Å². The quantitative estimate of drug-likeness (QED) is 0.720. The first-order valence-electron chi connectivity index (χ1n) is 10.0. The second kappa shape index (κ2) is 9.01. The molecule has 0 bridgehead atoms. The van der Waals surface area contributed by atoms with Gasteiger partial charge in [-0.15, -0.1) is 0 Å². The van der Waals surface area contributed by atoms with Gasteiger partial charge in [0.25, 0.3) is 0 Å². The number of carbonyl (C=O) groups is 1. The number of carbonyl (C=O) groups excluding carboxylic acids is 1. The number of nitrogens with zero attached hydrogens (tertiary/aromatic N) is 2. The maximum atomic E-state index is 13.1. The Morgan fingerprint density at radius 3 is 2.57 bits per heavy atom. The zero-order chi connectivity index (χ0) is 20.3. The SMILES string of the molecule is CCOc1ccc(S(=O)(=O)N2CCC[C@H](C(=O)N3CCC(C)CC3)C2)cc1Cl. The fourth-order valence-corrected chi connectivity index (χ4v) is 5.76. The summed E-state index contributed by atoms with van der Waals surface area (Å²) in [4.78, 5) is 15.0. The van der Waals surface area contributed by atoms with Gasteiger partial charge in [0.1, 0.15) is 5.75 Å². The average Bonchev–Trinajstić information content (AvgIpc) is 2.69. The Bertz CT molecular complexity index is 806. The Morgan fingerprint density at radius 2 is 1.93 bits per heavy atom. The van der Waals surface area contributed by atoms with Crippen molar-refractivity contribution in [3.05, 3.63) is 23.2 Å². The van der Waals surface area contributed by atoms with Crippen molar-refractivity contribution in [2.75, 3.05) is 32.8 Å². The molecule has 1 aromatic rings. The first-order chi connectivity index (χ1) is 13.3. The summed E-state index contributed by atoms with van der Waals surface area (Å²) in [7, 11) is -3.70. The number of hydrogen-bond acceptors (Lipinski definition) is 4. The van der Waals surface area contributed by atoms with E-state index in [0.29, 0.717) is 31.2 Å². The fraction of sp³-hybridized carbons (Fsp3) is 0.650. The van der Waals surface area contributed by atoms with Gasteiger partial charge in [-0.05, 0) is 56.7 Å². The van der Waals surface area contributed by atoms with Gasteiger partial charge in [-0.25, -0.2) is 8.42 Å². The van der Waals surface area contributed by atoms with Crippen molar-refractivity contribution in [1.82, 2.24) is 9.21 Å². The molecule has 6 nitrogen and oxygen atoms in total. The largest absolute Gasteiger partial charge is 0.492 e. The summed E-state index contributed by atoms with van der Waals surface area (Å²) < 4.78 is 33.0. The predicted molar refractivity (Wildman–Crippen MR) is 109 cm³/mol. The lowest BCUT2D eigenvalue weighted by Gasteiger charge is -2.36. The fourth-order valence-electron chi connectivity index (χ4n) is 3.91. The molecular formula is C20H29ClN2O4S. The zero-order valence-electron chi connectivity index (χ0n) is 16.6. The number of ether oxygens (including phenoxy) is 1. The molecule has 1 atom stereocenters. The maximum Gasteiger partial charge on any atom is 0.243 e. The van der Waals surface area contributed by atoms with E-state index in [1.807, 2.05) is 11.8 Å². The maximum absolute atomic E-state index is 13.1. The van der Waals surface area contributed by atoms with Crippen LogP contribution in [0.1, 0.15) is 39.5 Å². The normalized spacial score (nSPS) is 22.2. The number of likely N-dealkylation sites (tertiary alicyclic amines) is 1.